The van der Waals surface area contributed by atoms with Crippen molar-refractivity contribution in [3.8, 4) is 5.75 Å². The number of hydrogen-bond acceptors (Lipinski definition) is 3. The molecule has 0 aliphatic carbocycles. The first-order chi connectivity index (χ1) is 16.1. The molecule has 5 nitrogen and oxygen atoms in total. The number of carbonyl (C=O) groups excluding carboxylic acids is 1. The average Bonchev–Trinajstić information content (AvgIpc) is 3.37. The molecule has 1 N–H and O–H groups in total. The first-order valence-electron chi connectivity index (χ1n) is 11.4. The molecule has 1 unspecified atom stereocenters. The van der Waals surface area contributed by atoms with Gasteiger partial charge in [-0.1, -0.05) is 35.9 Å². The fourth-order valence-corrected chi connectivity index (χ4v) is 4.73. The van der Waals surface area contributed by atoms with E-state index in [0.717, 1.165) is 30.7 Å². The maximum absolute atomic E-state index is 13.1. The van der Waals surface area contributed by atoms with Gasteiger partial charge in [0.05, 0.1) is 7.11 Å². The average molecular weight is 467 g/mol. The topological polar surface area (TPSA) is 52.5 Å². The van der Waals surface area contributed by atoms with Crippen LogP contribution >= 0.6 is 11.6 Å². The Morgan fingerprint density at radius 3 is 2.39 bits per heavy atom. The fraction of sp³-hybridized carbons (Fsp3) is 0.370. The van der Waals surface area contributed by atoms with Crippen LogP contribution in [0.3, 0.4) is 0 Å². The summed E-state index contributed by atoms with van der Waals surface area (Å²) in [7, 11) is 1.67. The lowest BCUT2D eigenvalue weighted by atomic mass is 9.74. The number of carbonyl (C=O) groups is 1. The maximum Gasteiger partial charge on any atom is 0.220 e. The lowest BCUT2D eigenvalue weighted by Crippen LogP contribution is -2.44. The van der Waals surface area contributed by atoms with Gasteiger partial charge in [0.2, 0.25) is 5.91 Å². The molecule has 1 aromatic heterocycles. The summed E-state index contributed by atoms with van der Waals surface area (Å²) in [5.41, 5.74) is 2.20. The SMILES string of the molecule is COc1ccc(C2(CNC(=O)CC(Cn3cccc3)c3ccc(Cl)cc3)CCOCC2)cc1. The molecule has 0 saturated carbocycles. The van der Waals surface area contributed by atoms with Crippen LogP contribution in [0.1, 0.15) is 36.3 Å². The van der Waals surface area contributed by atoms with Crippen LogP contribution in [-0.2, 0) is 21.5 Å². The van der Waals surface area contributed by atoms with Crippen LogP contribution in [0, 0.1) is 0 Å². The zero-order chi connectivity index (χ0) is 23.1. The van der Waals surface area contributed by atoms with Gasteiger partial charge >= 0.3 is 0 Å². The van der Waals surface area contributed by atoms with Gasteiger partial charge in [0.15, 0.2) is 0 Å². The predicted octanol–water partition coefficient (Wildman–Crippen LogP) is 5.19. The quantitative estimate of drug-likeness (QED) is 0.472. The number of nitrogens with one attached hydrogen (secondary N) is 1. The zero-order valence-corrected chi connectivity index (χ0v) is 19.8. The second kappa shape index (κ2) is 10.9. The summed E-state index contributed by atoms with van der Waals surface area (Å²) in [6.45, 7) is 2.73. The Morgan fingerprint density at radius 1 is 1.09 bits per heavy atom. The second-order valence-electron chi connectivity index (χ2n) is 8.73. The highest BCUT2D eigenvalue weighted by Gasteiger charge is 2.35. The van der Waals surface area contributed by atoms with E-state index >= 15 is 0 Å². The smallest absolute Gasteiger partial charge is 0.220 e. The van der Waals surface area contributed by atoms with Crippen LogP contribution in [0.4, 0.5) is 0 Å². The van der Waals surface area contributed by atoms with Gasteiger partial charge in [-0.05, 0) is 60.4 Å². The summed E-state index contributed by atoms with van der Waals surface area (Å²) in [6, 6.07) is 20.0. The molecular formula is C27H31ClN2O3. The second-order valence-corrected chi connectivity index (χ2v) is 9.17. The number of benzene rings is 2. The third-order valence-corrected chi connectivity index (χ3v) is 6.90. The number of aromatic nitrogens is 1. The van der Waals surface area contributed by atoms with Crippen molar-refractivity contribution in [3.63, 3.8) is 0 Å². The number of ether oxygens (including phenoxy) is 2. The van der Waals surface area contributed by atoms with E-state index in [4.69, 9.17) is 21.1 Å². The van der Waals surface area contributed by atoms with Gasteiger partial charge < -0.3 is 19.4 Å². The standard InChI is InChI=1S/C27H31ClN2O3/c1-32-25-10-6-23(7-11-25)27(12-16-33-17-13-27)20-29-26(31)18-22(19-30-14-2-3-15-30)21-4-8-24(28)9-5-21/h2-11,14-15,22H,12-13,16-20H2,1H3,(H,29,31). The van der Waals surface area contributed by atoms with Crippen molar-refractivity contribution in [2.75, 3.05) is 26.9 Å². The number of rotatable bonds is 9. The van der Waals surface area contributed by atoms with Gasteiger partial charge in [-0.2, -0.15) is 0 Å². The van der Waals surface area contributed by atoms with Crippen molar-refractivity contribution in [2.24, 2.45) is 0 Å². The van der Waals surface area contributed by atoms with Gasteiger partial charge in [-0.3, -0.25) is 4.79 Å². The minimum atomic E-state index is -0.129. The Morgan fingerprint density at radius 2 is 1.76 bits per heavy atom. The summed E-state index contributed by atoms with van der Waals surface area (Å²) < 4.78 is 13.1. The molecule has 1 saturated heterocycles. The Labute approximate surface area is 200 Å². The molecule has 0 spiro atoms. The summed E-state index contributed by atoms with van der Waals surface area (Å²) in [5.74, 6) is 0.948. The Kier molecular flexibility index (Phi) is 7.73. The first-order valence-corrected chi connectivity index (χ1v) is 11.8. The molecule has 3 aromatic rings. The van der Waals surface area contributed by atoms with Crippen molar-refractivity contribution < 1.29 is 14.3 Å². The van der Waals surface area contributed by atoms with Crippen LogP contribution in [-0.4, -0.2) is 37.3 Å². The number of nitrogens with zero attached hydrogens (tertiary/aromatic N) is 1. The molecule has 2 aromatic carbocycles. The largest absolute Gasteiger partial charge is 0.497 e. The van der Waals surface area contributed by atoms with E-state index in [0.29, 0.717) is 31.2 Å². The van der Waals surface area contributed by atoms with Crippen LogP contribution < -0.4 is 10.1 Å². The van der Waals surface area contributed by atoms with E-state index in [1.807, 2.05) is 60.9 Å². The van der Waals surface area contributed by atoms with E-state index in [1.54, 1.807) is 7.11 Å². The van der Waals surface area contributed by atoms with Gasteiger partial charge in [-0.25, -0.2) is 0 Å². The van der Waals surface area contributed by atoms with Gasteiger partial charge in [-0.15, -0.1) is 0 Å². The highest BCUT2D eigenvalue weighted by Crippen LogP contribution is 2.35. The summed E-state index contributed by atoms with van der Waals surface area (Å²) in [4.78, 5) is 13.1. The predicted molar refractivity (Wildman–Crippen MR) is 131 cm³/mol. The molecule has 2 heterocycles. The molecule has 1 fully saturated rings. The highest BCUT2D eigenvalue weighted by molar-refractivity contribution is 6.30. The number of hydrogen-bond donors (Lipinski definition) is 1. The molecule has 1 amide bonds. The summed E-state index contributed by atoms with van der Waals surface area (Å²) in [5, 5.41) is 3.95. The van der Waals surface area contributed by atoms with Crippen molar-refractivity contribution in [3.05, 3.63) is 89.2 Å². The normalized spacial score (nSPS) is 16.2. The summed E-state index contributed by atoms with van der Waals surface area (Å²) >= 11 is 6.09. The molecule has 1 aliphatic heterocycles. The van der Waals surface area contributed by atoms with Crippen LogP contribution in [0.25, 0.3) is 0 Å². The lowest BCUT2D eigenvalue weighted by Gasteiger charge is -2.38. The molecule has 0 bridgehead atoms. The molecule has 1 atom stereocenters. The molecule has 174 valence electrons. The van der Waals surface area contributed by atoms with E-state index in [-0.39, 0.29) is 17.2 Å². The summed E-state index contributed by atoms with van der Waals surface area (Å²) in [6.07, 6.45) is 6.23. The highest BCUT2D eigenvalue weighted by atomic mass is 35.5. The fourth-order valence-electron chi connectivity index (χ4n) is 4.61. The Balaban J connectivity index is 1.46. The molecular weight excluding hydrogens is 436 g/mol. The van der Waals surface area contributed by atoms with E-state index in [1.165, 1.54) is 5.56 Å². The minimum Gasteiger partial charge on any atom is -0.497 e. The van der Waals surface area contributed by atoms with Crippen LogP contribution in [0.15, 0.2) is 73.1 Å². The minimum absolute atomic E-state index is 0.0568. The first kappa shape index (κ1) is 23.4. The van der Waals surface area contributed by atoms with Crippen molar-refractivity contribution in [1.29, 1.82) is 0 Å². The molecule has 6 heteroatoms. The third-order valence-electron chi connectivity index (χ3n) is 6.65. The molecule has 4 rings (SSSR count). The van der Waals surface area contributed by atoms with Crippen LogP contribution in [0.5, 0.6) is 5.75 Å². The van der Waals surface area contributed by atoms with Crippen molar-refractivity contribution >= 4 is 17.5 Å². The zero-order valence-electron chi connectivity index (χ0n) is 19.0. The van der Waals surface area contributed by atoms with E-state index < -0.39 is 0 Å². The molecule has 33 heavy (non-hydrogen) atoms. The van der Waals surface area contributed by atoms with Crippen molar-refractivity contribution in [1.82, 2.24) is 9.88 Å². The van der Waals surface area contributed by atoms with Gasteiger partial charge in [0.1, 0.15) is 5.75 Å². The molecule has 0 radical (unpaired) electrons. The van der Waals surface area contributed by atoms with Crippen LogP contribution in [0.2, 0.25) is 5.02 Å². The maximum atomic E-state index is 13.1. The van der Waals surface area contributed by atoms with Crippen molar-refractivity contribution in [2.45, 2.75) is 37.1 Å². The van der Waals surface area contributed by atoms with Gasteiger partial charge in [0.25, 0.3) is 0 Å². The Hall–Kier alpha value is -2.76. The monoisotopic (exact) mass is 466 g/mol. The van der Waals surface area contributed by atoms with E-state index in [2.05, 4.69) is 22.0 Å². The Bertz CT molecular complexity index is 1010. The number of methoxy groups -OCH3 is 1. The number of amides is 1. The van der Waals surface area contributed by atoms with E-state index in [9.17, 15) is 4.79 Å². The lowest BCUT2D eigenvalue weighted by molar-refractivity contribution is -0.122. The molecule has 1 aliphatic rings. The number of halogens is 1. The third kappa shape index (κ3) is 5.98. The van der Waals surface area contributed by atoms with Gasteiger partial charge in [0, 0.05) is 61.5 Å².